The molecule has 92 valence electrons. The Labute approximate surface area is 115 Å². The number of amides is 2. The summed E-state index contributed by atoms with van der Waals surface area (Å²) in [4.78, 5) is 13.8. The third-order valence-electron chi connectivity index (χ3n) is 2.75. The van der Waals surface area contributed by atoms with E-state index in [4.69, 9.17) is 0 Å². The van der Waals surface area contributed by atoms with Gasteiger partial charge >= 0.3 is 6.03 Å². The molecule has 2 rings (SSSR count). The summed E-state index contributed by atoms with van der Waals surface area (Å²) in [6, 6.07) is 8.16. The zero-order chi connectivity index (χ0) is 12.3. The number of rotatable bonds is 1. The van der Waals surface area contributed by atoms with E-state index in [1.54, 1.807) is 0 Å². The van der Waals surface area contributed by atoms with E-state index >= 15 is 0 Å². The van der Waals surface area contributed by atoms with Crippen LogP contribution in [0.4, 0.5) is 10.5 Å². The lowest BCUT2D eigenvalue weighted by atomic mass is 10.2. The lowest BCUT2D eigenvalue weighted by Gasteiger charge is -2.31. The van der Waals surface area contributed by atoms with Gasteiger partial charge in [0.2, 0.25) is 0 Å². The van der Waals surface area contributed by atoms with Crippen LogP contribution < -0.4 is 10.6 Å². The second-order valence-corrected chi connectivity index (χ2v) is 5.48. The number of anilines is 1. The van der Waals surface area contributed by atoms with Crippen molar-refractivity contribution in [1.82, 2.24) is 10.2 Å². The van der Waals surface area contributed by atoms with Gasteiger partial charge in [0.25, 0.3) is 0 Å². The number of hydrogen-bond donors (Lipinski definition) is 2. The number of carbonyl (C=O) groups excluding carboxylic acids is 1. The van der Waals surface area contributed by atoms with Crippen molar-refractivity contribution >= 4 is 34.3 Å². The van der Waals surface area contributed by atoms with Crippen LogP contribution in [0.1, 0.15) is 6.92 Å². The lowest BCUT2D eigenvalue weighted by Crippen LogP contribution is -2.52. The molecule has 17 heavy (non-hydrogen) atoms. The molecule has 1 heterocycles. The largest absolute Gasteiger partial charge is 0.322 e. The van der Waals surface area contributed by atoms with Crippen LogP contribution in [0.15, 0.2) is 24.3 Å². The average molecular weight is 345 g/mol. The van der Waals surface area contributed by atoms with Crippen LogP contribution in [0.5, 0.6) is 0 Å². The van der Waals surface area contributed by atoms with Crippen molar-refractivity contribution in [2.75, 3.05) is 25.0 Å². The van der Waals surface area contributed by atoms with Crippen molar-refractivity contribution in [3.8, 4) is 0 Å². The molecule has 0 saturated carbocycles. The second-order valence-electron chi connectivity index (χ2n) is 4.24. The van der Waals surface area contributed by atoms with E-state index in [1.165, 1.54) is 0 Å². The third-order valence-corrected chi connectivity index (χ3v) is 3.47. The molecular weight excluding hydrogens is 329 g/mol. The number of nitrogens with zero attached hydrogens (tertiary/aromatic N) is 1. The van der Waals surface area contributed by atoms with Crippen LogP contribution in [0.3, 0.4) is 0 Å². The van der Waals surface area contributed by atoms with E-state index in [2.05, 4.69) is 40.1 Å². The smallest absolute Gasteiger partial charge is 0.321 e. The molecule has 1 aromatic rings. The van der Waals surface area contributed by atoms with E-state index in [0.717, 1.165) is 28.9 Å². The first-order chi connectivity index (χ1) is 8.15. The molecule has 1 aliphatic heterocycles. The Balaban J connectivity index is 1.94. The van der Waals surface area contributed by atoms with E-state index in [1.807, 2.05) is 29.2 Å². The quantitative estimate of drug-likeness (QED) is 0.766. The number of halogens is 1. The normalized spacial score (nSPS) is 20.1. The molecule has 1 saturated heterocycles. The van der Waals surface area contributed by atoms with E-state index in [0.29, 0.717) is 6.04 Å². The Kier molecular flexibility index (Phi) is 4.22. The molecule has 0 bridgehead atoms. The van der Waals surface area contributed by atoms with Crippen LogP contribution in [0.2, 0.25) is 0 Å². The molecule has 0 radical (unpaired) electrons. The summed E-state index contributed by atoms with van der Waals surface area (Å²) < 4.78 is 1.16. The number of benzene rings is 1. The summed E-state index contributed by atoms with van der Waals surface area (Å²) in [7, 11) is 0. The highest BCUT2D eigenvalue weighted by Gasteiger charge is 2.20. The van der Waals surface area contributed by atoms with Crippen molar-refractivity contribution in [3.05, 3.63) is 27.8 Å². The molecule has 2 amide bonds. The predicted molar refractivity (Wildman–Crippen MR) is 77.2 cm³/mol. The Bertz CT molecular complexity index is 393. The van der Waals surface area contributed by atoms with Gasteiger partial charge in [0.05, 0.1) is 0 Å². The number of piperazine rings is 1. The zero-order valence-electron chi connectivity index (χ0n) is 9.74. The zero-order valence-corrected chi connectivity index (χ0v) is 11.9. The van der Waals surface area contributed by atoms with Crippen LogP contribution in [-0.4, -0.2) is 36.6 Å². The van der Waals surface area contributed by atoms with Gasteiger partial charge in [-0.25, -0.2) is 4.79 Å². The Morgan fingerprint density at radius 3 is 2.82 bits per heavy atom. The highest BCUT2D eigenvalue weighted by Crippen LogP contribution is 2.12. The molecular formula is C12H16IN3O. The van der Waals surface area contributed by atoms with Gasteiger partial charge in [0.1, 0.15) is 0 Å². The molecule has 0 spiro atoms. The lowest BCUT2D eigenvalue weighted by molar-refractivity contribution is 0.192. The van der Waals surface area contributed by atoms with E-state index in [9.17, 15) is 4.79 Å². The Hall–Kier alpha value is -0.820. The van der Waals surface area contributed by atoms with Gasteiger partial charge in [0.15, 0.2) is 0 Å². The fourth-order valence-corrected chi connectivity index (χ4v) is 2.21. The maximum Gasteiger partial charge on any atom is 0.321 e. The first kappa shape index (κ1) is 12.6. The van der Waals surface area contributed by atoms with Crippen molar-refractivity contribution < 1.29 is 4.79 Å². The molecule has 2 N–H and O–H groups in total. The predicted octanol–water partition coefficient (Wildman–Crippen LogP) is 2.12. The first-order valence-corrected chi connectivity index (χ1v) is 6.78. The number of nitrogens with one attached hydrogen (secondary N) is 2. The summed E-state index contributed by atoms with van der Waals surface area (Å²) in [6.07, 6.45) is 0. The Morgan fingerprint density at radius 2 is 2.18 bits per heavy atom. The summed E-state index contributed by atoms with van der Waals surface area (Å²) in [5, 5.41) is 6.23. The monoisotopic (exact) mass is 345 g/mol. The number of hydrogen-bond acceptors (Lipinski definition) is 2. The second kappa shape index (κ2) is 5.68. The van der Waals surface area contributed by atoms with Crippen LogP contribution in [0.25, 0.3) is 0 Å². The van der Waals surface area contributed by atoms with Crippen molar-refractivity contribution in [2.24, 2.45) is 0 Å². The summed E-state index contributed by atoms with van der Waals surface area (Å²) in [5.74, 6) is 0. The SMILES string of the molecule is C[C@@H]1CN(C(=O)Nc2ccc(I)cc2)CCN1. The summed E-state index contributed by atoms with van der Waals surface area (Å²) >= 11 is 2.24. The highest BCUT2D eigenvalue weighted by molar-refractivity contribution is 14.1. The minimum Gasteiger partial charge on any atom is -0.322 e. The molecule has 1 aliphatic rings. The molecule has 1 atom stereocenters. The summed E-state index contributed by atoms with van der Waals surface area (Å²) in [6.45, 7) is 4.47. The van der Waals surface area contributed by atoms with Gasteiger partial charge in [-0.3, -0.25) is 0 Å². The number of carbonyl (C=O) groups is 1. The van der Waals surface area contributed by atoms with Crippen LogP contribution >= 0.6 is 22.6 Å². The van der Waals surface area contributed by atoms with Crippen LogP contribution in [-0.2, 0) is 0 Å². The maximum atomic E-state index is 12.0. The number of urea groups is 1. The Morgan fingerprint density at radius 1 is 1.47 bits per heavy atom. The molecule has 5 heteroatoms. The highest BCUT2D eigenvalue weighted by atomic mass is 127. The fourth-order valence-electron chi connectivity index (χ4n) is 1.85. The van der Waals surface area contributed by atoms with Gasteiger partial charge in [-0.2, -0.15) is 0 Å². The van der Waals surface area contributed by atoms with Gasteiger partial charge in [-0.05, 0) is 53.8 Å². The first-order valence-electron chi connectivity index (χ1n) is 5.70. The van der Waals surface area contributed by atoms with Gasteiger partial charge in [0, 0.05) is 34.9 Å². The van der Waals surface area contributed by atoms with E-state index < -0.39 is 0 Å². The molecule has 0 unspecified atom stereocenters. The fraction of sp³-hybridized carbons (Fsp3) is 0.417. The average Bonchev–Trinajstić information content (AvgIpc) is 2.32. The standard InChI is InChI=1S/C12H16IN3O/c1-9-8-16(7-6-14-9)12(17)15-11-4-2-10(13)3-5-11/h2-5,9,14H,6-8H2,1H3,(H,15,17)/t9-/m1/s1. The van der Waals surface area contributed by atoms with Gasteiger partial charge in [-0.1, -0.05) is 0 Å². The molecule has 4 nitrogen and oxygen atoms in total. The van der Waals surface area contributed by atoms with E-state index in [-0.39, 0.29) is 6.03 Å². The molecule has 0 aliphatic carbocycles. The minimum absolute atomic E-state index is 0.0143. The van der Waals surface area contributed by atoms with Crippen molar-refractivity contribution in [1.29, 1.82) is 0 Å². The van der Waals surface area contributed by atoms with Crippen molar-refractivity contribution in [3.63, 3.8) is 0 Å². The molecule has 0 aromatic heterocycles. The maximum absolute atomic E-state index is 12.0. The molecule has 1 aromatic carbocycles. The van der Waals surface area contributed by atoms with Gasteiger partial charge < -0.3 is 15.5 Å². The topological polar surface area (TPSA) is 44.4 Å². The van der Waals surface area contributed by atoms with Gasteiger partial charge in [-0.15, -0.1) is 0 Å². The minimum atomic E-state index is -0.0143. The molecule has 1 fully saturated rings. The summed E-state index contributed by atoms with van der Waals surface area (Å²) in [5.41, 5.74) is 0.849. The van der Waals surface area contributed by atoms with Crippen molar-refractivity contribution in [2.45, 2.75) is 13.0 Å². The van der Waals surface area contributed by atoms with Crippen LogP contribution in [0, 0.1) is 3.57 Å². The third kappa shape index (κ3) is 3.57.